The van der Waals surface area contributed by atoms with Gasteiger partial charge < -0.3 is 14.5 Å². The van der Waals surface area contributed by atoms with E-state index in [2.05, 4.69) is 10.1 Å². The van der Waals surface area contributed by atoms with Crippen LogP contribution in [0.25, 0.3) is 11.1 Å². The molecule has 1 amide bonds. The van der Waals surface area contributed by atoms with Crippen LogP contribution in [0.4, 0.5) is 18.9 Å². The first kappa shape index (κ1) is 20.2. The third-order valence-corrected chi connectivity index (χ3v) is 4.29. The molecular formula is C19H15F3N2O5. The Labute approximate surface area is 161 Å². The van der Waals surface area contributed by atoms with E-state index in [9.17, 15) is 27.6 Å². The van der Waals surface area contributed by atoms with Crippen molar-refractivity contribution in [2.75, 3.05) is 12.4 Å². The summed E-state index contributed by atoms with van der Waals surface area (Å²) in [6, 6.07) is 7.37. The van der Waals surface area contributed by atoms with Gasteiger partial charge in [-0.05, 0) is 37.3 Å². The molecule has 0 aliphatic rings. The molecule has 3 rings (SSSR count). The van der Waals surface area contributed by atoms with Crippen LogP contribution in [-0.2, 0) is 15.7 Å². The van der Waals surface area contributed by atoms with E-state index in [4.69, 9.17) is 4.42 Å². The lowest BCUT2D eigenvalue weighted by Crippen LogP contribution is -2.30. The standard InChI is InChI=1S/C19H15F3N2O5/c1-10(16(25)23-13-6-4-3-5-12(13)19(20,21)22)24-14-8-7-11(17(26)28-2)9-15(14)29-18(24)27/h3-10H,1-2H3,(H,23,25). The number of ether oxygens (including phenoxy) is 1. The molecule has 1 unspecified atom stereocenters. The van der Waals surface area contributed by atoms with E-state index in [-0.39, 0.29) is 16.7 Å². The molecule has 1 N–H and O–H groups in total. The molecule has 1 atom stereocenters. The van der Waals surface area contributed by atoms with E-state index in [0.29, 0.717) is 0 Å². The van der Waals surface area contributed by atoms with Gasteiger partial charge >= 0.3 is 17.9 Å². The second-order valence-electron chi connectivity index (χ2n) is 6.12. The van der Waals surface area contributed by atoms with Crippen molar-refractivity contribution in [2.45, 2.75) is 19.1 Å². The third kappa shape index (κ3) is 3.86. The first-order valence-electron chi connectivity index (χ1n) is 8.34. The Kier molecular flexibility index (Phi) is 5.19. The zero-order chi connectivity index (χ0) is 21.3. The average Bonchev–Trinajstić information content (AvgIpc) is 3.01. The maximum atomic E-state index is 13.1. The van der Waals surface area contributed by atoms with Crippen LogP contribution < -0.4 is 11.1 Å². The second-order valence-corrected chi connectivity index (χ2v) is 6.12. The number of benzene rings is 2. The molecule has 152 valence electrons. The van der Waals surface area contributed by atoms with Gasteiger partial charge in [-0.2, -0.15) is 13.2 Å². The van der Waals surface area contributed by atoms with Gasteiger partial charge in [0.2, 0.25) is 5.91 Å². The highest BCUT2D eigenvalue weighted by molar-refractivity contribution is 5.96. The Bertz CT molecular complexity index is 1150. The number of oxazole rings is 1. The number of rotatable bonds is 4. The van der Waals surface area contributed by atoms with E-state index in [1.54, 1.807) is 0 Å². The lowest BCUT2D eigenvalue weighted by molar-refractivity contribution is -0.137. The number of alkyl halides is 3. The number of amides is 1. The minimum Gasteiger partial charge on any atom is -0.465 e. The number of para-hydroxylation sites is 1. The molecule has 0 saturated heterocycles. The van der Waals surface area contributed by atoms with Crippen molar-refractivity contribution in [1.29, 1.82) is 0 Å². The maximum Gasteiger partial charge on any atom is 0.420 e. The number of fused-ring (bicyclic) bond motifs is 1. The maximum absolute atomic E-state index is 13.1. The van der Waals surface area contributed by atoms with E-state index < -0.39 is 41.1 Å². The van der Waals surface area contributed by atoms with Crippen molar-refractivity contribution in [2.24, 2.45) is 0 Å². The molecule has 0 aliphatic heterocycles. The normalized spacial score (nSPS) is 12.6. The zero-order valence-corrected chi connectivity index (χ0v) is 15.2. The number of nitrogens with zero attached hydrogens (tertiary/aromatic N) is 1. The predicted octanol–water partition coefficient (Wildman–Crippen LogP) is 3.60. The molecule has 0 aliphatic carbocycles. The van der Waals surface area contributed by atoms with Gasteiger partial charge in [-0.1, -0.05) is 12.1 Å². The SMILES string of the molecule is COC(=O)c1ccc2c(c1)oc(=O)n2C(C)C(=O)Nc1ccccc1C(F)(F)F. The third-order valence-electron chi connectivity index (χ3n) is 4.29. The fraction of sp³-hybridized carbons (Fsp3) is 0.211. The summed E-state index contributed by atoms with van der Waals surface area (Å²) in [7, 11) is 1.19. The van der Waals surface area contributed by atoms with Gasteiger partial charge in [0.25, 0.3) is 0 Å². The first-order valence-corrected chi connectivity index (χ1v) is 8.34. The number of nitrogens with one attached hydrogen (secondary N) is 1. The Morgan fingerprint density at radius 3 is 2.52 bits per heavy atom. The summed E-state index contributed by atoms with van der Waals surface area (Å²) < 4.78 is 50.0. The second kappa shape index (κ2) is 7.46. The predicted molar refractivity (Wildman–Crippen MR) is 96.6 cm³/mol. The van der Waals surface area contributed by atoms with Crippen molar-refractivity contribution in [1.82, 2.24) is 4.57 Å². The highest BCUT2D eigenvalue weighted by Crippen LogP contribution is 2.34. The van der Waals surface area contributed by atoms with Crippen molar-refractivity contribution in [3.8, 4) is 0 Å². The summed E-state index contributed by atoms with van der Waals surface area (Å²) in [5.41, 5.74) is -1.06. The molecule has 0 saturated carbocycles. The zero-order valence-electron chi connectivity index (χ0n) is 15.2. The lowest BCUT2D eigenvalue weighted by Gasteiger charge is -2.17. The molecule has 10 heteroatoms. The summed E-state index contributed by atoms with van der Waals surface area (Å²) in [4.78, 5) is 36.4. The largest absolute Gasteiger partial charge is 0.465 e. The molecule has 0 fully saturated rings. The van der Waals surface area contributed by atoms with Gasteiger partial charge in [0.1, 0.15) is 6.04 Å². The molecule has 1 heterocycles. The van der Waals surface area contributed by atoms with Crippen LogP contribution in [0.15, 0.2) is 51.7 Å². The number of esters is 1. The fourth-order valence-corrected chi connectivity index (χ4v) is 2.84. The van der Waals surface area contributed by atoms with Crippen molar-refractivity contribution in [3.63, 3.8) is 0 Å². The van der Waals surface area contributed by atoms with Gasteiger partial charge in [0.05, 0.1) is 29.4 Å². The number of hydrogen-bond acceptors (Lipinski definition) is 5. The van der Waals surface area contributed by atoms with Gasteiger partial charge in [0.15, 0.2) is 5.58 Å². The van der Waals surface area contributed by atoms with E-state index >= 15 is 0 Å². The summed E-state index contributed by atoms with van der Waals surface area (Å²) in [5, 5.41) is 2.20. The number of carbonyl (C=O) groups excluding carboxylic acids is 2. The van der Waals surface area contributed by atoms with Crippen LogP contribution in [0.2, 0.25) is 0 Å². The molecule has 0 radical (unpaired) electrons. The summed E-state index contributed by atoms with van der Waals surface area (Å²) in [6.07, 6.45) is -4.66. The topological polar surface area (TPSA) is 90.5 Å². The number of methoxy groups -OCH3 is 1. The Hall–Kier alpha value is -3.56. The van der Waals surface area contributed by atoms with Crippen LogP contribution in [0, 0.1) is 0 Å². The van der Waals surface area contributed by atoms with Crippen LogP contribution in [0.3, 0.4) is 0 Å². The number of aromatic nitrogens is 1. The molecule has 0 bridgehead atoms. The quantitative estimate of drug-likeness (QED) is 0.667. The Morgan fingerprint density at radius 2 is 1.86 bits per heavy atom. The van der Waals surface area contributed by atoms with Crippen LogP contribution >= 0.6 is 0 Å². The van der Waals surface area contributed by atoms with E-state index in [1.165, 1.54) is 44.4 Å². The van der Waals surface area contributed by atoms with E-state index in [1.807, 2.05) is 0 Å². The number of halogens is 3. The highest BCUT2D eigenvalue weighted by atomic mass is 19.4. The smallest absolute Gasteiger partial charge is 0.420 e. The van der Waals surface area contributed by atoms with Gasteiger partial charge in [-0.3, -0.25) is 9.36 Å². The Morgan fingerprint density at radius 1 is 1.17 bits per heavy atom. The summed E-state index contributed by atoms with van der Waals surface area (Å²) in [6.45, 7) is 1.34. The van der Waals surface area contributed by atoms with Crippen LogP contribution in [0.1, 0.15) is 28.9 Å². The van der Waals surface area contributed by atoms with Crippen LogP contribution in [0.5, 0.6) is 0 Å². The monoisotopic (exact) mass is 408 g/mol. The molecule has 2 aromatic carbocycles. The van der Waals surface area contributed by atoms with Crippen molar-refractivity contribution < 1.29 is 31.9 Å². The molecule has 7 nitrogen and oxygen atoms in total. The number of anilines is 1. The summed E-state index contributed by atoms with van der Waals surface area (Å²) in [5.74, 6) is -2.38. The van der Waals surface area contributed by atoms with Crippen LogP contribution in [-0.4, -0.2) is 23.6 Å². The minimum absolute atomic E-state index is 0.0354. The first-order chi connectivity index (χ1) is 13.6. The molecule has 29 heavy (non-hydrogen) atoms. The average molecular weight is 408 g/mol. The van der Waals surface area contributed by atoms with Crippen molar-refractivity contribution in [3.05, 3.63) is 64.1 Å². The highest BCUT2D eigenvalue weighted by Gasteiger charge is 2.34. The van der Waals surface area contributed by atoms with Gasteiger partial charge in [-0.25, -0.2) is 9.59 Å². The summed E-state index contributed by atoms with van der Waals surface area (Å²) >= 11 is 0. The number of hydrogen-bond donors (Lipinski definition) is 1. The van der Waals surface area contributed by atoms with Gasteiger partial charge in [0, 0.05) is 0 Å². The minimum atomic E-state index is -4.66. The van der Waals surface area contributed by atoms with Crippen molar-refractivity contribution >= 4 is 28.7 Å². The van der Waals surface area contributed by atoms with E-state index in [0.717, 1.165) is 16.7 Å². The lowest BCUT2D eigenvalue weighted by atomic mass is 10.1. The Balaban J connectivity index is 1.95. The molecule has 3 aromatic rings. The molecular weight excluding hydrogens is 393 g/mol. The molecule has 1 aromatic heterocycles. The van der Waals surface area contributed by atoms with Gasteiger partial charge in [-0.15, -0.1) is 0 Å². The number of carbonyl (C=O) groups is 2. The molecule has 0 spiro atoms. The fourth-order valence-electron chi connectivity index (χ4n) is 2.84.